The summed E-state index contributed by atoms with van der Waals surface area (Å²) in [7, 11) is 0. The van der Waals surface area contributed by atoms with Gasteiger partial charge in [-0.1, -0.05) is 13.8 Å². The molecule has 3 N–H and O–H groups in total. The fourth-order valence-corrected chi connectivity index (χ4v) is 1.69. The zero-order chi connectivity index (χ0) is 11.1. The molecular formula is C11H23N3O. The van der Waals surface area contributed by atoms with Gasteiger partial charge in [-0.25, -0.2) is 0 Å². The molecule has 0 aromatic rings. The quantitative estimate of drug-likeness (QED) is 0.549. The van der Waals surface area contributed by atoms with Crippen LogP contribution in [0.5, 0.6) is 0 Å². The summed E-state index contributed by atoms with van der Waals surface area (Å²) in [4.78, 5) is 11.2. The summed E-state index contributed by atoms with van der Waals surface area (Å²) in [5.74, 6) is 0.220. The average molecular weight is 213 g/mol. The summed E-state index contributed by atoms with van der Waals surface area (Å²) in [5, 5.41) is 9.65. The van der Waals surface area contributed by atoms with Gasteiger partial charge in [0, 0.05) is 31.6 Å². The first-order valence-corrected chi connectivity index (χ1v) is 5.92. The molecular weight excluding hydrogens is 190 g/mol. The molecule has 0 aromatic heterocycles. The van der Waals surface area contributed by atoms with Crippen molar-refractivity contribution >= 4 is 5.91 Å². The van der Waals surface area contributed by atoms with Crippen LogP contribution in [0.25, 0.3) is 0 Å². The van der Waals surface area contributed by atoms with Crippen molar-refractivity contribution in [3.05, 3.63) is 0 Å². The molecule has 1 amide bonds. The van der Waals surface area contributed by atoms with Crippen molar-refractivity contribution in [2.45, 2.75) is 32.7 Å². The van der Waals surface area contributed by atoms with Gasteiger partial charge in [0.1, 0.15) is 0 Å². The monoisotopic (exact) mass is 213 g/mol. The normalized spacial score (nSPS) is 20.9. The van der Waals surface area contributed by atoms with Gasteiger partial charge in [0.25, 0.3) is 0 Å². The molecule has 15 heavy (non-hydrogen) atoms. The van der Waals surface area contributed by atoms with Crippen LogP contribution >= 0.6 is 0 Å². The third kappa shape index (κ3) is 5.14. The first kappa shape index (κ1) is 12.5. The first-order chi connectivity index (χ1) is 7.20. The minimum absolute atomic E-state index is 0.0847. The summed E-state index contributed by atoms with van der Waals surface area (Å²) in [6.07, 6.45) is 2.56. The summed E-state index contributed by atoms with van der Waals surface area (Å²) in [5.41, 5.74) is 0. The van der Waals surface area contributed by atoms with Crippen LogP contribution in [0.3, 0.4) is 0 Å². The van der Waals surface area contributed by atoms with E-state index in [0.717, 1.165) is 26.2 Å². The minimum Gasteiger partial charge on any atom is -0.355 e. The fourth-order valence-electron chi connectivity index (χ4n) is 1.69. The van der Waals surface area contributed by atoms with Crippen molar-refractivity contribution in [1.82, 2.24) is 16.0 Å². The Labute approximate surface area is 92.2 Å². The van der Waals surface area contributed by atoms with Gasteiger partial charge in [-0.3, -0.25) is 4.79 Å². The van der Waals surface area contributed by atoms with Crippen molar-refractivity contribution in [3.63, 3.8) is 0 Å². The largest absolute Gasteiger partial charge is 0.355 e. The van der Waals surface area contributed by atoms with Crippen LogP contribution in [0.15, 0.2) is 0 Å². The second-order valence-corrected chi connectivity index (χ2v) is 4.44. The smallest absolute Gasteiger partial charge is 0.222 e. The third-order valence-electron chi connectivity index (χ3n) is 2.68. The SMILES string of the molecule is CC(C)C(=O)NCCNCC1CCCN1. The van der Waals surface area contributed by atoms with Gasteiger partial charge in [0.2, 0.25) is 5.91 Å². The van der Waals surface area contributed by atoms with E-state index in [1.807, 2.05) is 13.8 Å². The molecule has 1 fully saturated rings. The van der Waals surface area contributed by atoms with Crippen LogP contribution in [0.1, 0.15) is 26.7 Å². The van der Waals surface area contributed by atoms with Crippen LogP contribution in [0, 0.1) is 5.92 Å². The molecule has 0 bridgehead atoms. The van der Waals surface area contributed by atoms with Crippen molar-refractivity contribution in [2.75, 3.05) is 26.2 Å². The van der Waals surface area contributed by atoms with Crippen LogP contribution in [-0.2, 0) is 4.79 Å². The highest BCUT2D eigenvalue weighted by Gasteiger charge is 2.12. The molecule has 1 unspecified atom stereocenters. The Hall–Kier alpha value is -0.610. The average Bonchev–Trinajstić information content (AvgIpc) is 2.69. The van der Waals surface area contributed by atoms with Gasteiger partial charge in [0.05, 0.1) is 0 Å². The van der Waals surface area contributed by atoms with E-state index >= 15 is 0 Å². The van der Waals surface area contributed by atoms with Gasteiger partial charge in [-0.15, -0.1) is 0 Å². The first-order valence-electron chi connectivity index (χ1n) is 5.92. The lowest BCUT2D eigenvalue weighted by molar-refractivity contribution is -0.123. The molecule has 0 aromatic carbocycles. The van der Waals surface area contributed by atoms with E-state index in [1.165, 1.54) is 12.8 Å². The van der Waals surface area contributed by atoms with Crippen molar-refractivity contribution in [3.8, 4) is 0 Å². The number of carbonyl (C=O) groups excluding carboxylic acids is 1. The molecule has 1 atom stereocenters. The van der Waals surface area contributed by atoms with Crippen molar-refractivity contribution in [1.29, 1.82) is 0 Å². The standard InChI is InChI=1S/C11H23N3O/c1-9(2)11(15)14-7-6-12-8-10-4-3-5-13-10/h9-10,12-13H,3-8H2,1-2H3,(H,14,15). The zero-order valence-electron chi connectivity index (χ0n) is 9.81. The van der Waals surface area contributed by atoms with Crippen LogP contribution < -0.4 is 16.0 Å². The highest BCUT2D eigenvalue weighted by molar-refractivity contribution is 5.77. The topological polar surface area (TPSA) is 53.2 Å². The molecule has 1 aliphatic heterocycles. The molecule has 0 radical (unpaired) electrons. The van der Waals surface area contributed by atoms with Crippen LogP contribution in [0.4, 0.5) is 0 Å². The number of nitrogens with one attached hydrogen (secondary N) is 3. The summed E-state index contributed by atoms with van der Waals surface area (Å²) >= 11 is 0. The fraction of sp³-hybridized carbons (Fsp3) is 0.909. The van der Waals surface area contributed by atoms with Crippen molar-refractivity contribution < 1.29 is 4.79 Å². The maximum atomic E-state index is 11.2. The highest BCUT2D eigenvalue weighted by Crippen LogP contribution is 2.02. The van der Waals surface area contributed by atoms with E-state index in [4.69, 9.17) is 0 Å². The molecule has 0 aliphatic carbocycles. The highest BCUT2D eigenvalue weighted by atomic mass is 16.1. The number of rotatable bonds is 6. The number of carbonyl (C=O) groups is 1. The van der Waals surface area contributed by atoms with E-state index in [9.17, 15) is 4.79 Å². The van der Waals surface area contributed by atoms with Crippen LogP contribution in [0.2, 0.25) is 0 Å². The molecule has 1 heterocycles. The Bertz CT molecular complexity index is 188. The number of hydrogen-bond acceptors (Lipinski definition) is 3. The molecule has 0 saturated carbocycles. The second kappa shape index (κ2) is 6.80. The van der Waals surface area contributed by atoms with Gasteiger partial charge < -0.3 is 16.0 Å². The summed E-state index contributed by atoms with van der Waals surface area (Å²) < 4.78 is 0. The van der Waals surface area contributed by atoms with Crippen molar-refractivity contribution in [2.24, 2.45) is 5.92 Å². The lowest BCUT2D eigenvalue weighted by atomic mass is 10.2. The summed E-state index contributed by atoms with van der Waals surface area (Å²) in [6.45, 7) is 7.56. The van der Waals surface area contributed by atoms with Gasteiger partial charge in [-0.2, -0.15) is 0 Å². The van der Waals surface area contributed by atoms with Gasteiger partial charge >= 0.3 is 0 Å². The molecule has 0 spiro atoms. The predicted octanol–water partition coefficient (Wildman–Crippen LogP) is 0.100. The predicted molar refractivity (Wildman–Crippen MR) is 61.7 cm³/mol. The Kier molecular flexibility index (Phi) is 5.65. The van der Waals surface area contributed by atoms with E-state index < -0.39 is 0 Å². The molecule has 4 nitrogen and oxygen atoms in total. The lowest BCUT2D eigenvalue weighted by Gasteiger charge is -2.12. The second-order valence-electron chi connectivity index (χ2n) is 4.44. The third-order valence-corrected chi connectivity index (χ3v) is 2.68. The Morgan fingerprint density at radius 1 is 1.47 bits per heavy atom. The molecule has 4 heteroatoms. The Morgan fingerprint density at radius 2 is 2.27 bits per heavy atom. The Balaban J connectivity index is 1.90. The molecule has 88 valence electrons. The van der Waals surface area contributed by atoms with Gasteiger partial charge in [-0.05, 0) is 19.4 Å². The lowest BCUT2D eigenvalue weighted by Crippen LogP contribution is -2.39. The minimum atomic E-state index is 0.0847. The van der Waals surface area contributed by atoms with E-state index in [1.54, 1.807) is 0 Å². The maximum Gasteiger partial charge on any atom is 0.222 e. The van der Waals surface area contributed by atoms with Gasteiger partial charge in [0.15, 0.2) is 0 Å². The number of hydrogen-bond donors (Lipinski definition) is 3. The van der Waals surface area contributed by atoms with Crippen LogP contribution in [-0.4, -0.2) is 38.1 Å². The van der Waals surface area contributed by atoms with E-state index in [2.05, 4.69) is 16.0 Å². The Morgan fingerprint density at radius 3 is 2.87 bits per heavy atom. The molecule has 1 aliphatic rings. The molecule has 1 rings (SSSR count). The van der Waals surface area contributed by atoms with E-state index in [-0.39, 0.29) is 11.8 Å². The van der Waals surface area contributed by atoms with E-state index in [0.29, 0.717) is 6.04 Å². The maximum absolute atomic E-state index is 11.2. The number of amides is 1. The summed E-state index contributed by atoms with van der Waals surface area (Å²) in [6, 6.07) is 0.630. The molecule has 1 saturated heterocycles. The zero-order valence-corrected chi connectivity index (χ0v) is 9.81.